The Morgan fingerprint density at radius 2 is 2.05 bits per heavy atom. The third kappa shape index (κ3) is 4.15. The van der Waals surface area contributed by atoms with E-state index >= 15 is 0 Å². The monoisotopic (exact) mass is 287 g/mol. The van der Waals surface area contributed by atoms with E-state index in [1.165, 1.54) is 0 Å². The van der Waals surface area contributed by atoms with Crippen LogP contribution in [0.5, 0.6) is 0 Å². The van der Waals surface area contributed by atoms with Gasteiger partial charge in [-0.1, -0.05) is 18.2 Å². The van der Waals surface area contributed by atoms with Gasteiger partial charge in [-0.3, -0.25) is 14.3 Å². The number of amides is 2. The van der Waals surface area contributed by atoms with Crippen molar-refractivity contribution in [3.05, 3.63) is 48.3 Å². The molecule has 7 nitrogen and oxygen atoms in total. The number of aromatic nitrogens is 2. The first-order chi connectivity index (χ1) is 10.1. The van der Waals surface area contributed by atoms with Crippen LogP contribution >= 0.6 is 0 Å². The molecule has 1 aromatic carbocycles. The van der Waals surface area contributed by atoms with E-state index in [0.29, 0.717) is 12.2 Å². The molecule has 0 saturated heterocycles. The quantitative estimate of drug-likeness (QED) is 0.697. The maximum Gasteiger partial charge on any atom is 0.241 e. The molecule has 2 rings (SSSR count). The molecular weight excluding hydrogens is 270 g/mol. The molecule has 0 fully saturated rings. The summed E-state index contributed by atoms with van der Waals surface area (Å²) in [4.78, 5) is 22.7. The van der Waals surface area contributed by atoms with Gasteiger partial charge in [-0.15, -0.1) is 0 Å². The topological polar surface area (TPSA) is 116 Å². The Labute approximate surface area is 121 Å². The molecule has 1 heterocycles. The Balaban J connectivity index is 2.09. The highest BCUT2D eigenvalue weighted by Crippen LogP contribution is 2.16. The average molecular weight is 287 g/mol. The fraction of sp³-hybridized carbons (Fsp3) is 0.214. The lowest BCUT2D eigenvalue weighted by Crippen LogP contribution is -2.39. The second kappa shape index (κ2) is 6.67. The molecule has 110 valence electrons. The number of para-hydroxylation sites is 1. The van der Waals surface area contributed by atoms with E-state index in [0.717, 1.165) is 5.56 Å². The maximum absolute atomic E-state index is 11.9. The van der Waals surface area contributed by atoms with Crippen LogP contribution in [0.15, 0.2) is 42.7 Å². The number of nitrogens with zero attached hydrogens (tertiary/aromatic N) is 2. The molecule has 0 radical (unpaired) electrons. The van der Waals surface area contributed by atoms with Crippen molar-refractivity contribution in [3.8, 4) is 0 Å². The van der Waals surface area contributed by atoms with Crippen molar-refractivity contribution in [3.63, 3.8) is 0 Å². The molecule has 0 aliphatic rings. The molecule has 0 saturated carbocycles. The van der Waals surface area contributed by atoms with Crippen LogP contribution in [0, 0.1) is 0 Å². The number of anilines is 1. The largest absolute Gasteiger partial charge is 0.370 e. The zero-order valence-electron chi connectivity index (χ0n) is 11.4. The van der Waals surface area contributed by atoms with Crippen LogP contribution < -0.4 is 16.8 Å². The number of carbonyl (C=O) groups excluding carboxylic acids is 2. The summed E-state index contributed by atoms with van der Waals surface area (Å²) >= 11 is 0. The molecule has 0 spiro atoms. The summed E-state index contributed by atoms with van der Waals surface area (Å²) in [5, 5.41) is 6.84. The Hall–Kier alpha value is -2.67. The van der Waals surface area contributed by atoms with Crippen molar-refractivity contribution in [2.75, 3.05) is 5.32 Å². The minimum atomic E-state index is -0.958. The Kier molecular flexibility index (Phi) is 4.68. The van der Waals surface area contributed by atoms with E-state index in [1.54, 1.807) is 16.9 Å². The second-order valence-corrected chi connectivity index (χ2v) is 4.63. The number of benzene rings is 1. The number of primary amides is 1. The van der Waals surface area contributed by atoms with Crippen molar-refractivity contribution < 1.29 is 9.59 Å². The zero-order chi connectivity index (χ0) is 15.2. The van der Waals surface area contributed by atoms with E-state index in [1.807, 2.05) is 30.5 Å². The highest BCUT2D eigenvalue weighted by atomic mass is 16.2. The number of rotatable bonds is 6. The minimum Gasteiger partial charge on any atom is -0.370 e. The van der Waals surface area contributed by atoms with E-state index in [4.69, 9.17) is 11.5 Å². The number of nitrogens with one attached hydrogen (secondary N) is 1. The smallest absolute Gasteiger partial charge is 0.241 e. The SMILES string of the molecule is NC(=O)CC(N)C(=O)Nc1ccccc1Cn1cccn1. The molecule has 0 bridgehead atoms. The molecule has 1 atom stereocenters. The summed E-state index contributed by atoms with van der Waals surface area (Å²) in [7, 11) is 0. The van der Waals surface area contributed by atoms with Gasteiger partial charge in [0.2, 0.25) is 11.8 Å². The van der Waals surface area contributed by atoms with E-state index in [9.17, 15) is 9.59 Å². The summed E-state index contributed by atoms with van der Waals surface area (Å²) in [6.45, 7) is 0.522. The van der Waals surface area contributed by atoms with E-state index in [2.05, 4.69) is 10.4 Å². The molecule has 21 heavy (non-hydrogen) atoms. The number of nitrogens with two attached hydrogens (primary N) is 2. The fourth-order valence-electron chi connectivity index (χ4n) is 1.88. The number of hydrogen-bond donors (Lipinski definition) is 3. The van der Waals surface area contributed by atoms with Crippen LogP contribution in [0.4, 0.5) is 5.69 Å². The molecule has 0 aliphatic carbocycles. The lowest BCUT2D eigenvalue weighted by atomic mass is 10.1. The normalized spacial score (nSPS) is 11.9. The fourth-order valence-corrected chi connectivity index (χ4v) is 1.88. The third-order valence-corrected chi connectivity index (χ3v) is 2.92. The van der Waals surface area contributed by atoms with Crippen LogP contribution in [0.1, 0.15) is 12.0 Å². The first-order valence-electron chi connectivity index (χ1n) is 6.46. The molecule has 1 aromatic heterocycles. The molecular formula is C14H17N5O2. The lowest BCUT2D eigenvalue weighted by molar-refractivity contribution is -0.123. The van der Waals surface area contributed by atoms with Gasteiger partial charge < -0.3 is 16.8 Å². The van der Waals surface area contributed by atoms with Crippen LogP contribution in [-0.4, -0.2) is 27.6 Å². The Bertz CT molecular complexity index is 624. The molecule has 2 amide bonds. The van der Waals surface area contributed by atoms with Crippen LogP contribution in [0.3, 0.4) is 0 Å². The summed E-state index contributed by atoms with van der Waals surface area (Å²) in [5.74, 6) is -1.05. The first-order valence-corrected chi connectivity index (χ1v) is 6.46. The molecule has 5 N–H and O–H groups in total. The van der Waals surface area contributed by atoms with Gasteiger partial charge in [0.15, 0.2) is 0 Å². The Morgan fingerprint density at radius 3 is 2.71 bits per heavy atom. The van der Waals surface area contributed by atoms with Gasteiger partial charge in [0.25, 0.3) is 0 Å². The molecule has 0 aliphatic heterocycles. The summed E-state index contributed by atoms with van der Waals surface area (Å²) in [5.41, 5.74) is 12.2. The second-order valence-electron chi connectivity index (χ2n) is 4.63. The standard InChI is InChI=1S/C14H17N5O2/c15-11(8-13(16)20)14(21)18-12-5-2-1-4-10(12)9-19-7-3-6-17-19/h1-7,11H,8-9,15H2,(H2,16,20)(H,18,21). The first kappa shape index (κ1) is 14.7. The summed E-state index contributed by atoms with van der Waals surface area (Å²) in [6, 6.07) is 8.20. The molecule has 1 unspecified atom stereocenters. The van der Waals surface area contributed by atoms with Gasteiger partial charge in [0.1, 0.15) is 0 Å². The average Bonchev–Trinajstić information content (AvgIpc) is 2.93. The van der Waals surface area contributed by atoms with Gasteiger partial charge >= 0.3 is 0 Å². The van der Waals surface area contributed by atoms with Crippen molar-refractivity contribution in [2.24, 2.45) is 11.5 Å². The van der Waals surface area contributed by atoms with Crippen molar-refractivity contribution in [1.29, 1.82) is 0 Å². The highest BCUT2D eigenvalue weighted by molar-refractivity contribution is 5.97. The van der Waals surface area contributed by atoms with Crippen LogP contribution in [0.25, 0.3) is 0 Å². The van der Waals surface area contributed by atoms with Crippen LogP contribution in [-0.2, 0) is 16.1 Å². The van der Waals surface area contributed by atoms with Gasteiger partial charge in [-0.2, -0.15) is 5.10 Å². The molecule has 2 aromatic rings. The highest BCUT2D eigenvalue weighted by Gasteiger charge is 2.17. The summed E-state index contributed by atoms with van der Waals surface area (Å²) < 4.78 is 1.74. The van der Waals surface area contributed by atoms with Crippen molar-refractivity contribution in [1.82, 2.24) is 9.78 Å². The third-order valence-electron chi connectivity index (χ3n) is 2.92. The maximum atomic E-state index is 11.9. The lowest BCUT2D eigenvalue weighted by Gasteiger charge is -2.14. The number of hydrogen-bond acceptors (Lipinski definition) is 4. The predicted molar refractivity (Wildman–Crippen MR) is 78.2 cm³/mol. The molecule has 7 heteroatoms. The number of carbonyl (C=O) groups is 2. The predicted octanol–water partition coefficient (Wildman–Crippen LogP) is 0.0726. The van der Waals surface area contributed by atoms with E-state index < -0.39 is 17.9 Å². The van der Waals surface area contributed by atoms with Gasteiger partial charge in [0, 0.05) is 18.1 Å². The van der Waals surface area contributed by atoms with Gasteiger partial charge in [-0.05, 0) is 17.7 Å². The zero-order valence-corrected chi connectivity index (χ0v) is 11.4. The summed E-state index contributed by atoms with van der Waals surface area (Å²) in [6.07, 6.45) is 3.33. The van der Waals surface area contributed by atoms with Crippen LogP contribution in [0.2, 0.25) is 0 Å². The Morgan fingerprint density at radius 1 is 1.29 bits per heavy atom. The van der Waals surface area contributed by atoms with Gasteiger partial charge in [-0.25, -0.2) is 0 Å². The van der Waals surface area contributed by atoms with E-state index in [-0.39, 0.29) is 6.42 Å². The van der Waals surface area contributed by atoms with Crippen molar-refractivity contribution >= 4 is 17.5 Å². The minimum absolute atomic E-state index is 0.187. The van der Waals surface area contributed by atoms with Gasteiger partial charge in [0.05, 0.1) is 19.0 Å². The van der Waals surface area contributed by atoms with Crippen molar-refractivity contribution in [2.45, 2.75) is 19.0 Å².